The second-order valence-electron chi connectivity index (χ2n) is 8.42. The molecule has 1 aliphatic carbocycles. The Morgan fingerprint density at radius 3 is 2.52 bits per heavy atom. The number of benzene rings is 1. The molecule has 0 bridgehead atoms. The van der Waals surface area contributed by atoms with Gasteiger partial charge in [0.2, 0.25) is 0 Å². The first-order valence-corrected chi connectivity index (χ1v) is 11.1. The summed E-state index contributed by atoms with van der Waals surface area (Å²) < 4.78 is 39.1. The van der Waals surface area contributed by atoms with Crippen molar-refractivity contribution in [3.05, 3.63) is 63.7 Å². The van der Waals surface area contributed by atoms with Crippen LogP contribution in [0, 0.1) is 0 Å². The quantitative estimate of drug-likeness (QED) is 0.624. The molecule has 1 saturated carbocycles. The van der Waals surface area contributed by atoms with Crippen LogP contribution in [0.2, 0.25) is 0 Å². The molecule has 1 N–H and O–H groups in total. The van der Waals surface area contributed by atoms with Gasteiger partial charge in [0, 0.05) is 43.8 Å². The van der Waals surface area contributed by atoms with Crippen molar-refractivity contribution in [2.45, 2.75) is 32.4 Å². The number of rotatable bonds is 4. The van der Waals surface area contributed by atoms with Crippen molar-refractivity contribution < 1.29 is 13.2 Å². The lowest BCUT2D eigenvalue weighted by Crippen LogP contribution is -2.45. The average Bonchev–Trinajstić information content (AvgIpc) is 3.65. The van der Waals surface area contributed by atoms with E-state index >= 15 is 0 Å². The first-order valence-electron chi connectivity index (χ1n) is 11.1. The summed E-state index contributed by atoms with van der Waals surface area (Å²) in [4.78, 5) is 28.4. The SMILES string of the molecule is CCC(=C1CC1)N1CCN(c2ccc3nc(-c4cc(C(F)(F)F)ccn4)[nH]c(=O)c3c2)CC1. The van der Waals surface area contributed by atoms with E-state index in [4.69, 9.17) is 0 Å². The Kier molecular flexibility index (Phi) is 5.34. The molecule has 33 heavy (non-hydrogen) atoms. The Bertz CT molecular complexity index is 1280. The summed E-state index contributed by atoms with van der Waals surface area (Å²) in [5.74, 6) is 0.0140. The number of hydrogen-bond acceptors (Lipinski definition) is 5. The number of halogens is 3. The van der Waals surface area contributed by atoms with Gasteiger partial charge >= 0.3 is 6.18 Å². The van der Waals surface area contributed by atoms with E-state index in [-0.39, 0.29) is 11.5 Å². The molecule has 2 aromatic heterocycles. The van der Waals surface area contributed by atoms with Crippen molar-refractivity contribution in [2.75, 3.05) is 31.1 Å². The van der Waals surface area contributed by atoms with E-state index in [1.54, 1.807) is 17.7 Å². The van der Waals surface area contributed by atoms with Gasteiger partial charge in [-0.2, -0.15) is 13.2 Å². The maximum absolute atomic E-state index is 13.0. The molecule has 1 saturated heterocycles. The minimum Gasteiger partial charge on any atom is -0.371 e. The Morgan fingerprint density at radius 1 is 1.09 bits per heavy atom. The lowest BCUT2D eigenvalue weighted by molar-refractivity contribution is -0.137. The molecule has 3 aromatic rings. The lowest BCUT2D eigenvalue weighted by atomic mass is 10.1. The third-order valence-corrected chi connectivity index (χ3v) is 6.29. The van der Waals surface area contributed by atoms with E-state index in [9.17, 15) is 18.0 Å². The molecule has 6 nitrogen and oxygen atoms in total. The molecule has 0 unspecified atom stereocenters. The number of allylic oxidation sites excluding steroid dienone is 2. The highest BCUT2D eigenvalue weighted by molar-refractivity contribution is 5.83. The van der Waals surface area contributed by atoms with Crippen molar-refractivity contribution in [3.63, 3.8) is 0 Å². The van der Waals surface area contributed by atoms with Gasteiger partial charge in [0.25, 0.3) is 5.56 Å². The van der Waals surface area contributed by atoms with E-state index in [1.165, 1.54) is 18.5 Å². The Balaban J connectivity index is 1.39. The standard InChI is InChI=1S/C24H24F3N5O/c1-2-21(15-3-4-15)32-11-9-31(10-12-32)17-5-6-19-18(14-17)23(33)30-22(29-19)20-13-16(7-8-28-20)24(25,26)27/h5-8,13-14H,2-4,9-12H2,1H3,(H,29,30,33). The van der Waals surface area contributed by atoms with Crippen LogP contribution < -0.4 is 10.5 Å². The summed E-state index contributed by atoms with van der Waals surface area (Å²) in [7, 11) is 0. The first-order chi connectivity index (χ1) is 15.8. The van der Waals surface area contributed by atoms with E-state index in [0.717, 1.165) is 56.6 Å². The fourth-order valence-corrected chi connectivity index (χ4v) is 4.46. The molecule has 0 spiro atoms. The lowest BCUT2D eigenvalue weighted by Gasteiger charge is -2.38. The summed E-state index contributed by atoms with van der Waals surface area (Å²) in [6, 6.07) is 7.24. The molecule has 1 aromatic carbocycles. The molecule has 172 valence electrons. The number of H-pyrrole nitrogens is 1. The maximum atomic E-state index is 13.0. The van der Waals surface area contributed by atoms with Gasteiger partial charge in [-0.05, 0) is 49.6 Å². The number of fused-ring (bicyclic) bond motifs is 1. The number of aromatic nitrogens is 3. The Hall–Kier alpha value is -3.36. The normalized spacial score (nSPS) is 16.4. The third kappa shape index (κ3) is 4.31. The fourth-order valence-electron chi connectivity index (χ4n) is 4.46. The van der Waals surface area contributed by atoms with Crippen molar-refractivity contribution in [1.29, 1.82) is 0 Å². The van der Waals surface area contributed by atoms with Crippen LogP contribution in [-0.2, 0) is 6.18 Å². The minimum atomic E-state index is -4.50. The number of nitrogens with one attached hydrogen (secondary N) is 1. The molecule has 5 rings (SSSR count). The van der Waals surface area contributed by atoms with Crippen LogP contribution >= 0.6 is 0 Å². The molecular weight excluding hydrogens is 431 g/mol. The molecule has 0 radical (unpaired) electrons. The van der Waals surface area contributed by atoms with Crippen LogP contribution in [0.3, 0.4) is 0 Å². The zero-order valence-electron chi connectivity index (χ0n) is 18.2. The van der Waals surface area contributed by atoms with E-state index in [0.29, 0.717) is 10.9 Å². The molecule has 3 heterocycles. The highest BCUT2D eigenvalue weighted by Crippen LogP contribution is 2.35. The van der Waals surface area contributed by atoms with Crippen LogP contribution in [0.25, 0.3) is 22.4 Å². The largest absolute Gasteiger partial charge is 0.416 e. The summed E-state index contributed by atoms with van der Waals surface area (Å²) in [6.07, 6.45) is 0.0775. The molecule has 0 atom stereocenters. The van der Waals surface area contributed by atoms with Crippen LogP contribution in [0.4, 0.5) is 18.9 Å². The van der Waals surface area contributed by atoms with Crippen molar-refractivity contribution in [1.82, 2.24) is 19.9 Å². The van der Waals surface area contributed by atoms with Crippen molar-refractivity contribution >= 4 is 16.6 Å². The molecular formula is C24H24F3N5O. The zero-order chi connectivity index (χ0) is 23.2. The summed E-state index contributed by atoms with van der Waals surface area (Å²) in [5, 5.41) is 0.403. The van der Waals surface area contributed by atoms with Gasteiger partial charge in [-0.25, -0.2) is 4.98 Å². The summed E-state index contributed by atoms with van der Waals surface area (Å²) >= 11 is 0. The second kappa shape index (κ2) is 8.20. The number of aromatic amines is 1. The summed E-state index contributed by atoms with van der Waals surface area (Å²) in [5.41, 5.74) is 3.17. The van der Waals surface area contributed by atoms with Crippen LogP contribution in [0.5, 0.6) is 0 Å². The molecule has 1 aliphatic heterocycles. The highest BCUT2D eigenvalue weighted by Gasteiger charge is 2.31. The number of anilines is 1. The first kappa shape index (κ1) is 21.5. The number of hydrogen-bond donors (Lipinski definition) is 1. The van der Waals surface area contributed by atoms with Crippen LogP contribution in [0.15, 0.2) is 52.6 Å². The number of pyridine rings is 1. The van der Waals surface area contributed by atoms with Gasteiger partial charge in [0.05, 0.1) is 16.5 Å². The van der Waals surface area contributed by atoms with Gasteiger partial charge in [-0.1, -0.05) is 12.5 Å². The predicted octanol–water partition coefficient (Wildman–Crippen LogP) is 4.58. The Morgan fingerprint density at radius 2 is 1.85 bits per heavy atom. The van der Waals surface area contributed by atoms with Crippen molar-refractivity contribution in [3.8, 4) is 11.5 Å². The van der Waals surface area contributed by atoms with Crippen LogP contribution in [-0.4, -0.2) is 46.0 Å². The minimum absolute atomic E-state index is 0.0140. The van der Waals surface area contributed by atoms with Gasteiger partial charge in [0.15, 0.2) is 5.82 Å². The average molecular weight is 455 g/mol. The third-order valence-electron chi connectivity index (χ3n) is 6.29. The predicted molar refractivity (Wildman–Crippen MR) is 121 cm³/mol. The van der Waals surface area contributed by atoms with Crippen LogP contribution in [0.1, 0.15) is 31.7 Å². The monoisotopic (exact) mass is 455 g/mol. The van der Waals surface area contributed by atoms with E-state index in [1.807, 2.05) is 6.07 Å². The molecule has 0 amide bonds. The Labute approximate surface area is 188 Å². The zero-order valence-corrected chi connectivity index (χ0v) is 18.2. The topological polar surface area (TPSA) is 65.1 Å². The maximum Gasteiger partial charge on any atom is 0.416 e. The highest BCUT2D eigenvalue weighted by atomic mass is 19.4. The van der Waals surface area contributed by atoms with Gasteiger partial charge in [-0.3, -0.25) is 9.78 Å². The van der Waals surface area contributed by atoms with Crippen molar-refractivity contribution in [2.24, 2.45) is 0 Å². The number of alkyl halides is 3. The molecule has 9 heteroatoms. The van der Waals surface area contributed by atoms with Gasteiger partial charge in [0.1, 0.15) is 5.69 Å². The second-order valence-corrected chi connectivity index (χ2v) is 8.42. The van der Waals surface area contributed by atoms with E-state index < -0.39 is 17.3 Å². The van der Waals surface area contributed by atoms with Gasteiger partial charge < -0.3 is 14.8 Å². The molecule has 2 aliphatic rings. The number of piperazine rings is 1. The van der Waals surface area contributed by atoms with E-state index in [2.05, 4.69) is 31.7 Å². The molecule has 2 fully saturated rings. The summed E-state index contributed by atoms with van der Waals surface area (Å²) in [6.45, 7) is 5.82. The fraction of sp³-hybridized carbons (Fsp3) is 0.375. The number of nitrogens with zero attached hydrogens (tertiary/aromatic N) is 4. The van der Waals surface area contributed by atoms with Gasteiger partial charge in [-0.15, -0.1) is 0 Å². The smallest absolute Gasteiger partial charge is 0.371 e.